The van der Waals surface area contributed by atoms with Crippen LogP contribution in [0.15, 0.2) is 39.7 Å². The predicted octanol–water partition coefficient (Wildman–Crippen LogP) is 2.50. The lowest BCUT2D eigenvalue weighted by molar-refractivity contribution is 0.235. The summed E-state index contributed by atoms with van der Waals surface area (Å²) in [7, 11) is 0. The van der Waals surface area contributed by atoms with Crippen molar-refractivity contribution >= 4 is 11.6 Å². The van der Waals surface area contributed by atoms with Crippen molar-refractivity contribution < 1.29 is 18.7 Å². The van der Waals surface area contributed by atoms with Crippen LogP contribution >= 0.6 is 11.6 Å². The smallest absolute Gasteiger partial charge is 0.227 e. The zero-order chi connectivity index (χ0) is 13.8. The van der Waals surface area contributed by atoms with Crippen molar-refractivity contribution in [3.8, 4) is 5.75 Å². The van der Waals surface area contributed by atoms with Gasteiger partial charge in [0, 0.05) is 16.7 Å². The van der Waals surface area contributed by atoms with Gasteiger partial charge in [-0.3, -0.25) is 4.79 Å². The standard InChI is InChI=1S/C13H10ClFO4/c14-9-1-2-11(15)8(3-9)6-19-13-7-18-10(5-16)4-12(13)17/h1-4,7,16H,5-6H2. The predicted molar refractivity (Wildman–Crippen MR) is 66.6 cm³/mol. The average molecular weight is 285 g/mol. The third-order valence-corrected chi connectivity index (χ3v) is 2.63. The number of aliphatic hydroxyl groups excluding tert-OH is 1. The lowest BCUT2D eigenvalue weighted by atomic mass is 10.2. The van der Waals surface area contributed by atoms with Gasteiger partial charge in [-0.25, -0.2) is 4.39 Å². The Labute approximate surface area is 113 Å². The first-order valence-corrected chi connectivity index (χ1v) is 5.77. The quantitative estimate of drug-likeness (QED) is 0.937. The third-order valence-electron chi connectivity index (χ3n) is 2.40. The highest BCUT2D eigenvalue weighted by Gasteiger charge is 2.07. The molecular formula is C13H10ClFO4. The summed E-state index contributed by atoms with van der Waals surface area (Å²) in [5, 5.41) is 9.17. The van der Waals surface area contributed by atoms with Crippen LogP contribution in [0.25, 0.3) is 0 Å². The summed E-state index contributed by atoms with van der Waals surface area (Å²) in [6.45, 7) is -0.520. The molecule has 0 atom stereocenters. The minimum Gasteiger partial charge on any atom is -0.482 e. The van der Waals surface area contributed by atoms with Crippen molar-refractivity contribution in [2.75, 3.05) is 0 Å². The first-order valence-electron chi connectivity index (χ1n) is 5.39. The molecule has 6 heteroatoms. The van der Waals surface area contributed by atoms with Crippen LogP contribution in [-0.2, 0) is 13.2 Å². The highest BCUT2D eigenvalue weighted by molar-refractivity contribution is 6.30. The van der Waals surface area contributed by atoms with E-state index in [-0.39, 0.29) is 30.3 Å². The van der Waals surface area contributed by atoms with Gasteiger partial charge in [0.25, 0.3) is 0 Å². The van der Waals surface area contributed by atoms with Crippen molar-refractivity contribution in [1.29, 1.82) is 0 Å². The maximum atomic E-state index is 13.4. The molecule has 0 saturated heterocycles. The molecular weight excluding hydrogens is 275 g/mol. The van der Waals surface area contributed by atoms with Crippen LogP contribution in [0.4, 0.5) is 4.39 Å². The summed E-state index contributed by atoms with van der Waals surface area (Å²) >= 11 is 5.74. The van der Waals surface area contributed by atoms with Gasteiger partial charge in [0.2, 0.25) is 11.2 Å². The van der Waals surface area contributed by atoms with Gasteiger partial charge in [-0.15, -0.1) is 0 Å². The highest BCUT2D eigenvalue weighted by Crippen LogP contribution is 2.16. The Kier molecular flexibility index (Phi) is 4.19. The zero-order valence-electron chi connectivity index (χ0n) is 9.73. The Hall–Kier alpha value is -1.85. The van der Waals surface area contributed by atoms with Gasteiger partial charge in [0.1, 0.15) is 31.1 Å². The van der Waals surface area contributed by atoms with E-state index in [1.165, 1.54) is 18.2 Å². The molecule has 0 radical (unpaired) electrons. The van der Waals surface area contributed by atoms with Crippen LogP contribution < -0.4 is 10.2 Å². The fraction of sp³-hybridized carbons (Fsp3) is 0.154. The lowest BCUT2D eigenvalue weighted by Crippen LogP contribution is -2.08. The molecule has 4 nitrogen and oxygen atoms in total. The number of halogens is 2. The molecule has 19 heavy (non-hydrogen) atoms. The summed E-state index contributed by atoms with van der Waals surface area (Å²) in [5.41, 5.74) is -0.212. The Morgan fingerprint density at radius 1 is 1.37 bits per heavy atom. The van der Waals surface area contributed by atoms with E-state index in [2.05, 4.69) is 0 Å². The van der Waals surface area contributed by atoms with Crippen molar-refractivity contribution in [3.05, 3.63) is 62.9 Å². The number of aliphatic hydroxyl groups is 1. The molecule has 1 N–H and O–H groups in total. The molecule has 2 rings (SSSR count). The molecule has 0 fully saturated rings. The fourth-order valence-corrected chi connectivity index (χ4v) is 1.63. The van der Waals surface area contributed by atoms with E-state index in [0.717, 1.165) is 12.3 Å². The Morgan fingerprint density at radius 3 is 2.84 bits per heavy atom. The fourth-order valence-electron chi connectivity index (χ4n) is 1.44. The van der Waals surface area contributed by atoms with Gasteiger partial charge < -0.3 is 14.3 Å². The molecule has 0 aliphatic heterocycles. The van der Waals surface area contributed by atoms with Crippen LogP contribution in [0.2, 0.25) is 5.02 Å². The topological polar surface area (TPSA) is 59.7 Å². The molecule has 1 aromatic carbocycles. The zero-order valence-corrected chi connectivity index (χ0v) is 10.5. The van der Waals surface area contributed by atoms with E-state index in [1.54, 1.807) is 0 Å². The Morgan fingerprint density at radius 2 is 2.16 bits per heavy atom. The molecule has 0 bridgehead atoms. The minimum absolute atomic E-state index is 0.0587. The van der Waals surface area contributed by atoms with E-state index < -0.39 is 11.2 Å². The molecule has 1 heterocycles. The van der Waals surface area contributed by atoms with Crippen LogP contribution in [0, 0.1) is 5.82 Å². The van der Waals surface area contributed by atoms with Gasteiger partial charge >= 0.3 is 0 Å². The Bertz CT molecular complexity index is 639. The van der Waals surface area contributed by atoms with E-state index >= 15 is 0 Å². The van der Waals surface area contributed by atoms with E-state index in [0.29, 0.717) is 5.02 Å². The summed E-state index contributed by atoms with van der Waals surface area (Å²) in [6.07, 6.45) is 1.08. The first-order chi connectivity index (χ1) is 9.10. The number of hydrogen-bond acceptors (Lipinski definition) is 4. The highest BCUT2D eigenvalue weighted by atomic mass is 35.5. The second-order valence-corrected chi connectivity index (χ2v) is 4.19. The van der Waals surface area contributed by atoms with Gasteiger partial charge in [0.05, 0.1) is 0 Å². The molecule has 0 saturated carbocycles. The van der Waals surface area contributed by atoms with E-state index in [1.807, 2.05) is 0 Å². The monoisotopic (exact) mass is 284 g/mol. The lowest BCUT2D eigenvalue weighted by Gasteiger charge is -2.06. The van der Waals surface area contributed by atoms with Crippen LogP contribution in [0.1, 0.15) is 11.3 Å². The van der Waals surface area contributed by atoms with Crippen molar-refractivity contribution in [1.82, 2.24) is 0 Å². The number of hydrogen-bond donors (Lipinski definition) is 1. The largest absolute Gasteiger partial charge is 0.482 e. The molecule has 0 spiro atoms. The summed E-state index contributed by atoms with van der Waals surface area (Å²) in [5.74, 6) is -0.399. The molecule has 100 valence electrons. The van der Waals surface area contributed by atoms with Crippen molar-refractivity contribution in [2.24, 2.45) is 0 Å². The van der Waals surface area contributed by atoms with Gasteiger partial charge in [-0.2, -0.15) is 0 Å². The molecule has 2 aromatic rings. The average Bonchev–Trinajstić information content (AvgIpc) is 2.40. The normalized spacial score (nSPS) is 10.5. The number of benzene rings is 1. The first kappa shape index (κ1) is 13.6. The maximum absolute atomic E-state index is 13.4. The minimum atomic E-state index is -0.472. The van der Waals surface area contributed by atoms with Crippen LogP contribution in [-0.4, -0.2) is 5.11 Å². The molecule has 0 unspecified atom stereocenters. The Balaban J connectivity index is 2.14. The van der Waals surface area contributed by atoms with Gasteiger partial charge in [-0.1, -0.05) is 11.6 Å². The van der Waals surface area contributed by atoms with Crippen molar-refractivity contribution in [3.63, 3.8) is 0 Å². The van der Waals surface area contributed by atoms with E-state index in [4.69, 9.17) is 25.9 Å². The second-order valence-electron chi connectivity index (χ2n) is 3.76. The molecule has 0 aliphatic rings. The number of ether oxygens (including phenoxy) is 1. The number of rotatable bonds is 4. The van der Waals surface area contributed by atoms with E-state index in [9.17, 15) is 9.18 Å². The molecule has 1 aromatic heterocycles. The van der Waals surface area contributed by atoms with Crippen LogP contribution in [0.5, 0.6) is 5.75 Å². The summed E-state index contributed by atoms with van der Waals surface area (Å²) in [6, 6.07) is 5.17. The van der Waals surface area contributed by atoms with Gasteiger partial charge in [-0.05, 0) is 18.2 Å². The second kappa shape index (κ2) is 5.86. The van der Waals surface area contributed by atoms with Gasteiger partial charge in [0.15, 0.2) is 0 Å². The molecule has 0 aliphatic carbocycles. The SMILES string of the molecule is O=c1cc(CO)occ1OCc1cc(Cl)ccc1F. The summed E-state index contributed by atoms with van der Waals surface area (Å²) in [4.78, 5) is 11.6. The van der Waals surface area contributed by atoms with Crippen molar-refractivity contribution in [2.45, 2.75) is 13.2 Å². The summed E-state index contributed by atoms with van der Waals surface area (Å²) < 4.78 is 23.5. The molecule has 0 amide bonds. The maximum Gasteiger partial charge on any atom is 0.227 e. The van der Waals surface area contributed by atoms with Crippen LogP contribution in [0.3, 0.4) is 0 Å². The third kappa shape index (κ3) is 3.33.